The molecular formula is C26H35N5O. The fourth-order valence-electron chi connectivity index (χ4n) is 4.64. The number of nitrogens with zero attached hydrogens (tertiary/aromatic N) is 3. The van der Waals surface area contributed by atoms with Gasteiger partial charge >= 0.3 is 0 Å². The molecule has 2 aromatic carbocycles. The largest absolute Gasteiger partial charge is 0.354 e. The fourth-order valence-corrected chi connectivity index (χ4v) is 4.64. The molecular weight excluding hydrogens is 398 g/mol. The Morgan fingerprint density at radius 3 is 2.31 bits per heavy atom. The van der Waals surface area contributed by atoms with Gasteiger partial charge in [0, 0.05) is 39.6 Å². The number of amides is 1. The highest BCUT2D eigenvalue weighted by atomic mass is 16.2. The number of likely N-dealkylation sites (tertiary alicyclic amines) is 2. The van der Waals surface area contributed by atoms with Gasteiger partial charge in [-0.2, -0.15) is 0 Å². The number of benzene rings is 2. The first kappa shape index (κ1) is 22.3. The van der Waals surface area contributed by atoms with Crippen LogP contribution in [0, 0.1) is 0 Å². The van der Waals surface area contributed by atoms with Crippen LogP contribution in [0.5, 0.6) is 0 Å². The minimum Gasteiger partial charge on any atom is -0.354 e. The number of nitrogens with one attached hydrogen (secondary N) is 2. The summed E-state index contributed by atoms with van der Waals surface area (Å²) in [5, 5.41) is 6.97. The molecule has 2 saturated heterocycles. The van der Waals surface area contributed by atoms with Crippen molar-refractivity contribution in [3.05, 3.63) is 71.3 Å². The van der Waals surface area contributed by atoms with Crippen molar-refractivity contribution in [2.24, 2.45) is 4.99 Å². The molecule has 2 heterocycles. The molecule has 2 N–H and O–H groups in total. The van der Waals surface area contributed by atoms with Crippen molar-refractivity contribution in [2.75, 3.05) is 33.2 Å². The van der Waals surface area contributed by atoms with E-state index in [1.807, 2.05) is 11.9 Å². The van der Waals surface area contributed by atoms with Gasteiger partial charge in [-0.3, -0.25) is 14.7 Å². The molecule has 2 fully saturated rings. The van der Waals surface area contributed by atoms with Gasteiger partial charge in [0.05, 0.1) is 6.04 Å². The molecule has 32 heavy (non-hydrogen) atoms. The zero-order valence-electron chi connectivity index (χ0n) is 19.1. The third kappa shape index (κ3) is 5.88. The summed E-state index contributed by atoms with van der Waals surface area (Å²) in [5.41, 5.74) is 3.73. The van der Waals surface area contributed by atoms with Crippen LogP contribution < -0.4 is 10.6 Å². The third-order valence-electron chi connectivity index (χ3n) is 6.48. The lowest BCUT2D eigenvalue weighted by Crippen LogP contribution is -2.42. The molecule has 1 unspecified atom stereocenters. The van der Waals surface area contributed by atoms with Gasteiger partial charge in [-0.05, 0) is 49.0 Å². The number of guanidine groups is 1. The summed E-state index contributed by atoms with van der Waals surface area (Å²) in [7, 11) is 1.82. The van der Waals surface area contributed by atoms with E-state index in [0.29, 0.717) is 25.6 Å². The van der Waals surface area contributed by atoms with Gasteiger partial charge in [0.15, 0.2) is 5.96 Å². The maximum Gasteiger partial charge on any atom is 0.222 e. The van der Waals surface area contributed by atoms with Gasteiger partial charge in [-0.15, -0.1) is 0 Å². The lowest BCUT2D eigenvalue weighted by atomic mass is 10.1. The monoisotopic (exact) mass is 433 g/mol. The zero-order valence-corrected chi connectivity index (χ0v) is 19.1. The summed E-state index contributed by atoms with van der Waals surface area (Å²) >= 11 is 0. The quantitative estimate of drug-likeness (QED) is 0.495. The van der Waals surface area contributed by atoms with E-state index in [1.54, 1.807) is 0 Å². The highest BCUT2D eigenvalue weighted by Crippen LogP contribution is 2.24. The van der Waals surface area contributed by atoms with Crippen molar-refractivity contribution in [1.82, 2.24) is 20.4 Å². The minimum atomic E-state index is 0.272. The summed E-state index contributed by atoms with van der Waals surface area (Å²) in [6.45, 7) is 5.44. The standard InChI is InChI=1S/C26H35N5O/c1-27-26(29-19-24(30-15-5-6-16-30)23-8-3-2-4-9-23)28-18-21-11-13-22(14-12-21)20-31-17-7-10-25(31)32/h2-4,8-9,11-14,24H,5-7,10,15-20H2,1H3,(H2,27,28,29). The summed E-state index contributed by atoms with van der Waals surface area (Å²) in [4.78, 5) is 20.8. The molecule has 4 rings (SSSR count). The van der Waals surface area contributed by atoms with Crippen LogP contribution in [0.2, 0.25) is 0 Å². The molecule has 1 amide bonds. The number of aliphatic imine (C=N–C) groups is 1. The Balaban J connectivity index is 1.29. The van der Waals surface area contributed by atoms with Crippen LogP contribution in [0.15, 0.2) is 59.6 Å². The van der Waals surface area contributed by atoms with Crippen molar-refractivity contribution >= 4 is 11.9 Å². The second-order valence-electron chi connectivity index (χ2n) is 8.71. The van der Waals surface area contributed by atoms with Gasteiger partial charge in [-0.25, -0.2) is 0 Å². The average Bonchev–Trinajstić information content (AvgIpc) is 3.50. The first-order valence-electron chi connectivity index (χ1n) is 11.8. The van der Waals surface area contributed by atoms with E-state index >= 15 is 0 Å². The van der Waals surface area contributed by atoms with Gasteiger partial charge in [-0.1, -0.05) is 54.6 Å². The molecule has 0 bridgehead atoms. The van der Waals surface area contributed by atoms with E-state index in [1.165, 1.54) is 29.5 Å². The second-order valence-corrected chi connectivity index (χ2v) is 8.71. The molecule has 6 nitrogen and oxygen atoms in total. The Kier molecular flexibility index (Phi) is 7.77. The Labute approximate surface area is 191 Å². The molecule has 170 valence electrons. The molecule has 0 saturated carbocycles. The maximum absolute atomic E-state index is 11.8. The van der Waals surface area contributed by atoms with Gasteiger partial charge in [0.2, 0.25) is 5.91 Å². The predicted octanol–water partition coefficient (Wildman–Crippen LogP) is 3.31. The predicted molar refractivity (Wildman–Crippen MR) is 129 cm³/mol. The van der Waals surface area contributed by atoms with Crippen molar-refractivity contribution in [2.45, 2.75) is 44.8 Å². The topological polar surface area (TPSA) is 60.0 Å². The van der Waals surface area contributed by atoms with Gasteiger partial charge < -0.3 is 15.5 Å². The molecule has 0 radical (unpaired) electrons. The molecule has 2 aliphatic heterocycles. The van der Waals surface area contributed by atoms with Crippen molar-refractivity contribution in [1.29, 1.82) is 0 Å². The molecule has 6 heteroatoms. The Morgan fingerprint density at radius 2 is 1.66 bits per heavy atom. The summed E-state index contributed by atoms with van der Waals surface area (Å²) in [5.74, 6) is 1.09. The van der Waals surface area contributed by atoms with E-state index < -0.39 is 0 Å². The molecule has 2 aliphatic rings. The highest BCUT2D eigenvalue weighted by Gasteiger charge is 2.23. The Bertz CT molecular complexity index is 890. The second kappa shape index (κ2) is 11.1. The van der Waals surface area contributed by atoms with Crippen LogP contribution in [-0.4, -0.2) is 54.9 Å². The maximum atomic E-state index is 11.8. The van der Waals surface area contributed by atoms with E-state index in [4.69, 9.17) is 0 Å². The van der Waals surface area contributed by atoms with E-state index in [9.17, 15) is 4.79 Å². The van der Waals surface area contributed by atoms with E-state index in [-0.39, 0.29) is 5.91 Å². The summed E-state index contributed by atoms with van der Waals surface area (Å²) in [6.07, 6.45) is 4.23. The summed E-state index contributed by atoms with van der Waals surface area (Å²) < 4.78 is 0. The smallest absolute Gasteiger partial charge is 0.222 e. The first-order chi connectivity index (χ1) is 15.7. The Morgan fingerprint density at radius 1 is 0.938 bits per heavy atom. The molecule has 1 atom stereocenters. The van der Waals surface area contributed by atoms with E-state index in [2.05, 4.69) is 75.1 Å². The first-order valence-corrected chi connectivity index (χ1v) is 11.8. The number of carbonyl (C=O) groups excluding carboxylic acids is 1. The average molecular weight is 434 g/mol. The lowest BCUT2D eigenvalue weighted by molar-refractivity contribution is -0.128. The molecule has 2 aromatic rings. The highest BCUT2D eigenvalue weighted by molar-refractivity contribution is 5.79. The van der Waals surface area contributed by atoms with Crippen LogP contribution in [0.4, 0.5) is 0 Å². The number of rotatable bonds is 8. The van der Waals surface area contributed by atoms with Gasteiger partial charge in [0.25, 0.3) is 0 Å². The fraction of sp³-hybridized carbons (Fsp3) is 0.462. The van der Waals surface area contributed by atoms with Crippen molar-refractivity contribution < 1.29 is 4.79 Å². The Hall–Kier alpha value is -2.86. The van der Waals surface area contributed by atoms with Crippen LogP contribution in [0.3, 0.4) is 0 Å². The molecule has 0 spiro atoms. The van der Waals surface area contributed by atoms with Gasteiger partial charge in [0.1, 0.15) is 0 Å². The molecule has 0 aromatic heterocycles. The number of hydrogen-bond acceptors (Lipinski definition) is 3. The minimum absolute atomic E-state index is 0.272. The number of hydrogen-bond donors (Lipinski definition) is 2. The SMILES string of the molecule is CN=C(NCc1ccc(CN2CCCC2=O)cc1)NCC(c1ccccc1)N1CCCC1. The van der Waals surface area contributed by atoms with Crippen LogP contribution >= 0.6 is 0 Å². The third-order valence-corrected chi connectivity index (χ3v) is 6.48. The number of carbonyl (C=O) groups is 1. The van der Waals surface area contributed by atoms with Crippen LogP contribution in [0.25, 0.3) is 0 Å². The van der Waals surface area contributed by atoms with Crippen LogP contribution in [-0.2, 0) is 17.9 Å². The lowest BCUT2D eigenvalue weighted by Gasteiger charge is -2.29. The zero-order chi connectivity index (χ0) is 22.2. The normalized spacial score (nSPS) is 18.2. The van der Waals surface area contributed by atoms with Crippen molar-refractivity contribution in [3.63, 3.8) is 0 Å². The summed E-state index contributed by atoms with van der Waals surface area (Å²) in [6, 6.07) is 19.6. The van der Waals surface area contributed by atoms with Crippen molar-refractivity contribution in [3.8, 4) is 0 Å². The molecule has 0 aliphatic carbocycles. The van der Waals surface area contributed by atoms with Crippen LogP contribution in [0.1, 0.15) is 48.4 Å². The van der Waals surface area contributed by atoms with E-state index in [0.717, 1.165) is 38.6 Å².